The summed E-state index contributed by atoms with van der Waals surface area (Å²) in [6.45, 7) is 0. The smallest absolute Gasteiger partial charge is 0.129 e. The molecule has 0 atom stereocenters. The zero-order valence-electron chi connectivity index (χ0n) is 10.9. The lowest BCUT2D eigenvalue weighted by Gasteiger charge is -2.05. The van der Waals surface area contributed by atoms with E-state index in [1.807, 2.05) is 12.1 Å². The molecule has 3 aromatic rings. The van der Waals surface area contributed by atoms with Crippen LogP contribution in [0.3, 0.4) is 0 Å². The van der Waals surface area contributed by atoms with E-state index >= 15 is 0 Å². The van der Waals surface area contributed by atoms with Crippen molar-refractivity contribution in [2.45, 2.75) is 0 Å². The van der Waals surface area contributed by atoms with Crippen LogP contribution >= 0.6 is 11.3 Å². The molecule has 2 N–H and O–H groups in total. The maximum atomic E-state index is 13.1. The van der Waals surface area contributed by atoms with Gasteiger partial charge in [0.25, 0.3) is 0 Å². The van der Waals surface area contributed by atoms with Crippen molar-refractivity contribution in [1.82, 2.24) is 4.98 Å². The number of aromatic nitrogens is 1. The number of rotatable bonds is 2. The largest absolute Gasteiger partial charge is 0.396 e. The summed E-state index contributed by atoms with van der Waals surface area (Å²) in [4.78, 5) is 5.31. The molecule has 1 aromatic carbocycles. The number of pyridine rings is 1. The molecule has 0 saturated heterocycles. The number of anilines is 1. The van der Waals surface area contributed by atoms with Crippen LogP contribution in [0.5, 0.6) is 0 Å². The summed E-state index contributed by atoms with van der Waals surface area (Å²) >= 11 is 1.31. The SMILES string of the molecule is N#Cc1sc(-c2ccc(F)cc2)c(-c2ccncc2)c1N. The summed E-state index contributed by atoms with van der Waals surface area (Å²) in [5.41, 5.74) is 9.08. The molecular weight excluding hydrogens is 285 g/mol. The Labute approximate surface area is 125 Å². The van der Waals surface area contributed by atoms with Gasteiger partial charge in [0.2, 0.25) is 0 Å². The van der Waals surface area contributed by atoms with Gasteiger partial charge in [0.1, 0.15) is 16.8 Å². The van der Waals surface area contributed by atoms with Crippen LogP contribution in [0.4, 0.5) is 10.1 Å². The van der Waals surface area contributed by atoms with Crippen LogP contribution in [0, 0.1) is 17.1 Å². The van der Waals surface area contributed by atoms with Crippen LogP contribution in [-0.4, -0.2) is 4.98 Å². The first-order chi connectivity index (χ1) is 10.2. The Bertz CT molecular complexity index is 817. The summed E-state index contributed by atoms with van der Waals surface area (Å²) in [6.07, 6.45) is 3.35. The van der Waals surface area contributed by atoms with Crippen molar-refractivity contribution in [1.29, 1.82) is 5.26 Å². The number of hydrogen-bond acceptors (Lipinski definition) is 4. The van der Waals surface area contributed by atoms with E-state index in [2.05, 4.69) is 11.1 Å². The topological polar surface area (TPSA) is 62.7 Å². The van der Waals surface area contributed by atoms with Crippen LogP contribution in [0.15, 0.2) is 48.8 Å². The van der Waals surface area contributed by atoms with Gasteiger partial charge in [0, 0.05) is 22.8 Å². The first-order valence-corrected chi connectivity index (χ1v) is 7.01. The van der Waals surface area contributed by atoms with Crippen molar-refractivity contribution in [3.63, 3.8) is 0 Å². The van der Waals surface area contributed by atoms with Gasteiger partial charge >= 0.3 is 0 Å². The Morgan fingerprint density at radius 2 is 1.71 bits per heavy atom. The molecule has 0 bridgehead atoms. The van der Waals surface area contributed by atoms with Gasteiger partial charge in [-0.3, -0.25) is 4.98 Å². The number of nitrogens with zero attached hydrogens (tertiary/aromatic N) is 2. The maximum absolute atomic E-state index is 13.1. The van der Waals surface area contributed by atoms with E-state index in [1.165, 1.54) is 23.5 Å². The third-order valence-corrected chi connectivity index (χ3v) is 4.28. The van der Waals surface area contributed by atoms with E-state index in [0.29, 0.717) is 10.6 Å². The van der Waals surface area contributed by atoms with Gasteiger partial charge in [-0.15, -0.1) is 11.3 Å². The number of nitriles is 1. The number of thiophene rings is 1. The zero-order valence-corrected chi connectivity index (χ0v) is 11.7. The molecule has 0 spiro atoms. The second-order valence-electron chi connectivity index (χ2n) is 4.40. The molecule has 102 valence electrons. The monoisotopic (exact) mass is 295 g/mol. The van der Waals surface area contributed by atoms with Gasteiger partial charge in [0.05, 0.1) is 5.69 Å². The Morgan fingerprint density at radius 1 is 1.05 bits per heavy atom. The first-order valence-electron chi connectivity index (χ1n) is 6.19. The average molecular weight is 295 g/mol. The molecule has 0 aliphatic carbocycles. The summed E-state index contributed by atoms with van der Waals surface area (Å²) in [5.74, 6) is -0.297. The fraction of sp³-hybridized carbons (Fsp3) is 0. The molecule has 3 rings (SSSR count). The minimum absolute atomic E-state index is 0.297. The summed E-state index contributed by atoms with van der Waals surface area (Å²) in [7, 11) is 0. The Hall–Kier alpha value is -2.71. The lowest BCUT2D eigenvalue weighted by Crippen LogP contribution is -1.89. The van der Waals surface area contributed by atoms with E-state index in [0.717, 1.165) is 21.6 Å². The number of benzene rings is 1. The standard InChI is InChI=1S/C16H10FN3S/c17-12-3-1-11(2-4-12)16-14(10-5-7-20-8-6-10)15(19)13(9-18)21-16/h1-8H,19H2. The van der Waals surface area contributed by atoms with E-state index < -0.39 is 0 Å². The zero-order chi connectivity index (χ0) is 14.8. The molecule has 0 unspecified atom stereocenters. The van der Waals surface area contributed by atoms with Gasteiger partial charge in [0.15, 0.2) is 0 Å². The molecule has 2 heterocycles. The van der Waals surface area contributed by atoms with E-state index in [1.54, 1.807) is 24.5 Å². The van der Waals surface area contributed by atoms with Crippen LogP contribution in [-0.2, 0) is 0 Å². The molecule has 2 aromatic heterocycles. The number of halogens is 1. The van der Waals surface area contributed by atoms with Crippen molar-refractivity contribution in [3.8, 4) is 27.6 Å². The molecule has 0 radical (unpaired) electrons. The van der Waals surface area contributed by atoms with Crippen molar-refractivity contribution >= 4 is 17.0 Å². The molecule has 21 heavy (non-hydrogen) atoms. The molecule has 0 saturated carbocycles. The van der Waals surface area contributed by atoms with Crippen LogP contribution in [0.25, 0.3) is 21.6 Å². The molecule has 3 nitrogen and oxygen atoms in total. The highest BCUT2D eigenvalue weighted by molar-refractivity contribution is 7.17. The second-order valence-corrected chi connectivity index (χ2v) is 5.42. The minimum atomic E-state index is -0.297. The van der Waals surface area contributed by atoms with Crippen molar-refractivity contribution < 1.29 is 4.39 Å². The highest BCUT2D eigenvalue weighted by atomic mass is 32.1. The average Bonchev–Trinajstić information content (AvgIpc) is 2.85. The normalized spacial score (nSPS) is 10.3. The van der Waals surface area contributed by atoms with Gasteiger partial charge < -0.3 is 5.73 Å². The highest BCUT2D eigenvalue weighted by Crippen LogP contribution is 2.44. The fourth-order valence-corrected chi connectivity index (χ4v) is 3.18. The molecule has 5 heteroatoms. The molecule has 0 aliphatic rings. The highest BCUT2D eigenvalue weighted by Gasteiger charge is 2.18. The Balaban J connectivity index is 2.26. The summed E-state index contributed by atoms with van der Waals surface area (Å²) in [5, 5.41) is 9.20. The summed E-state index contributed by atoms with van der Waals surface area (Å²) in [6, 6.07) is 12.0. The number of nitrogen functional groups attached to an aromatic ring is 1. The maximum Gasteiger partial charge on any atom is 0.129 e. The lowest BCUT2D eigenvalue weighted by atomic mass is 10.0. The first kappa shape index (κ1) is 13.3. The predicted octanol–water partition coefficient (Wildman–Crippen LogP) is 4.07. The molecule has 0 fully saturated rings. The van der Waals surface area contributed by atoms with Gasteiger partial charge in [-0.25, -0.2) is 4.39 Å². The van der Waals surface area contributed by atoms with E-state index in [9.17, 15) is 9.65 Å². The molecule has 0 aliphatic heterocycles. The lowest BCUT2D eigenvalue weighted by molar-refractivity contribution is 0.628. The van der Waals surface area contributed by atoms with Crippen LogP contribution in [0.2, 0.25) is 0 Å². The van der Waals surface area contributed by atoms with Crippen LogP contribution in [0.1, 0.15) is 4.88 Å². The molecular formula is C16H10FN3S. The van der Waals surface area contributed by atoms with Crippen molar-refractivity contribution in [2.24, 2.45) is 0 Å². The third-order valence-electron chi connectivity index (χ3n) is 3.12. The Morgan fingerprint density at radius 3 is 2.33 bits per heavy atom. The van der Waals surface area contributed by atoms with Gasteiger partial charge in [-0.1, -0.05) is 12.1 Å². The minimum Gasteiger partial charge on any atom is -0.396 e. The van der Waals surface area contributed by atoms with Crippen molar-refractivity contribution in [2.75, 3.05) is 5.73 Å². The van der Waals surface area contributed by atoms with Crippen molar-refractivity contribution in [3.05, 3.63) is 59.5 Å². The third kappa shape index (κ3) is 2.37. The fourth-order valence-electron chi connectivity index (χ4n) is 2.14. The number of hydrogen-bond donors (Lipinski definition) is 1. The van der Waals surface area contributed by atoms with Gasteiger partial charge in [-0.05, 0) is 35.4 Å². The Kier molecular flexibility index (Phi) is 3.38. The van der Waals surface area contributed by atoms with E-state index in [-0.39, 0.29) is 5.82 Å². The van der Waals surface area contributed by atoms with E-state index in [4.69, 9.17) is 5.73 Å². The predicted molar refractivity (Wildman–Crippen MR) is 82.1 cm³/mol. The van der Waals surface area contributed by atoms with Crippen LogP contribution < -0.4 is 5.73 Å². The quantitative estimate of drug-likeness (QED) is 0.775. The van der Waals surface area contributed by atoms with Gasteiger partial charge in [-0.2, -0.15) is 5.26 Å². The second kappa shape index (κ2) is 5.35. The number of nitrogens with two attached hydrogens (primary N) is 1. The molecule has 0 amide bonds. The summed E-state index contributed by atoms with van der Waals surface area (Å²) < 4.78 is 13.1.